The zero-order valence-electron chi connectivity index (χ0n) is 17.9. The van der Waals surface area contributed by atoms with Gasteiger partial charge in [-0.1, -0.05) is 44.5 Å². The molecular weight excluding hydrogens is 443 g/mol. The van der Waals surface area contributed by atoms with Crippen LogP contribution in [0, 0.1) is 0 Å². The summed E-state index contributed by atoms with van der Waals surface area (Å²) in [7, 11) is 0. The third-order valence-corrected chi connectivity index (χ3v) is 5.29. The molecule has 1 heterocycles. The molecule has 1 amide bonds. The molecule has 0 saturated carbocycles. The van der Waals surface area contributed by atoms with E-state index >= 15 is 0 Å². The van der Waals surface area contributed by atoms with Gasteiger partial charge in [-0.2, -0.15) is 18.3 Å². The van der Waals surface area contributed by atoms with Crippen LogP contribution in [0.2, 0.25) is 5.02 Å². The van der Waals surface area contributed by atoms with Gasteiger partial charge in [-0.15, -0.1) is 0 Å². The number of anilines is 1. The van der Waals surface area contributed by atoms with E-state index in [1.54, 1.807) is 0 Å². The van der Waals surface area contributed by atoms with Gasteiger partial charge >= 0.3 is 12.3 Å². The van der Waals surface area contributed by atoms with E-state index in [2.05, 4.69) is 10.4 Å². The second kappa shape index (κ2) is 9.65. The molecule has 0 bridgehead atoms. The number of ether oxygens (including phenoxy) is 1. The molecule has 0 saturated heterocycles. The number of hydrogen-bond acceptors (Lipinski definition) is 3. The van der Waals surface area contributed by atoms with Crippen LogP contribution in [0.1, 0.15) is 43.2 Å². The molecule has 0 spiro atoms. The third kappa shape index (κ3) is 5.07. The average molecular weight is 466 g/mol. The summed E-state index contributed by atoms with van der Waals surface area (Å²) in [6.45, 7) is 5.93. The molecule has 1 aromatic heterocycles. The second-order valence-electron chi connectivity index (χ2n) is 7.11. The highest BCUT2D eigenvalue weighted by molar-refractivity contribution is 6.30. The molecule has 3 aromatic rings. The van der Waals surface area contributed by atoms with E-state index in [-0.39, 0.29) is 5.69 Å². The predicted molar refractivity (Wildman–Crippen MR) is 118 cm³/mol. The van der Waals surface area contributed by atoms with E-state index in [0.29, 0.717) is 28.2 Å². The van der Waals surface area contributed by atoms with Crippen molar-refractivity contribution < 1.29 is 22.7 Å². The average Bonchev–Trinajstić information content (AvgIpc) is 3.18. The van der Waals surface area contributed by atoms with E-state index in [1.807, 2.05) is 32.9 Å². The molecule has 1 N–H and O–H groups in total. The zero-order chi connectivity index (χ0) is 23.5. The summed E-state index contributed by atoms with van der Waals surface area (Å²) in [5, 5.41) is 6.79. The zero-order valence-corrected chi connectivity index (χ0v) is 18.6. The first-order valence-electron chi connectivity index (χ1n) is 10.2. The molecule has 0 unspecified atom stereocenters. The number of aromatic nitrogens is 2. The molecular formula is C23H23ClF3N3O2. The molecule has 0 aliphatic rings. The maximum absolute atomic E-state index is 13.8. The Balaban J connectivity index is 1.93. The fourth-order valence-electron chi connectivity index (χ4n) is 3.44. The Kier molecular flexibility index (Phi) is 7.13. The monoisotopic (exact) mass is 465 g/mol. The van der Waals surface area contributed by atoms with Crippen molar-refractivity contribution in [3.05, 3.63) is 70.0 Å². The number of halogens is 4. The summed E-state index contributed by atoms with van der Waals surface area (Å²) < 4.78 is 47.2. The van der Waals surface area contributed by atoms with Crippen LogP contribution in [-0.4, -0.2) is 15.9 Å². The van der Waals surface area contributed by atoms with Crippen LogP contribution in [0.5, 0.6) is 5.75 Å². The molecule has 0 atom stereocenters. The van der Waals surface area contributed by atoms with Crippen LogP contribution in [0.15, 0.2) is 42.6 Å². The van der Waals surface area contributed by atoms with E-state index in [4.69, 9.17) is 16.3 Å². The Morgan fingerprint density at radius 1 is 1.06 bits per heavy atom. The summed E-state index contributed by atoms with van der Waals surface area (Å²) in [5.74, 6) is -0.689. The largest absolute Gasteiger partial charge is 0.437 e. The van der Waals surface area contributed by atoms with Crippen molar-refractivity contribution in [1.29, 1.82) is 0 Å². The van der Waals surface area contributed by atoms with Crippen molar-refractivity contribution in [3.63, 3.8) is 0 Å². The molecule has 170 valence electrons. The molecule has 5 nitrogen and oxygen atoms in total. The summed E-state index contributed by atoms with van der Waals surface area (Å²) >= 11 is 5.82. The molecule has 9 heteroatoms. The van der Waals surface area contributed by atoms with E-state index < -0.39 is 23.7 Å². The lowest BCUT2D eigenvalue weighted by Crippen LogP contribution is -2.21. The Hall–Kier alpha value is -3.00. The van der Waals surface area contributed by atoms with Crippen LogP contribution >= 0.6 is 11.6 Å². The molecule has 3 rings (SSSR count). The van der Waals surface area contributed by atoms with Crippen LogP contribution in [-0.2, 0) is 25.4 Å². The van der Waals surface area contributed by atoms with Gasteiger partial charge in [0.1, 0.15) is 0 Å². The normalized spacial score (nSPS) is 11.5. The van der Waals surface area contributed by atoms with Crippen LogP contribution in [0.4, 0.5) is 23.7 Å². The van der Waals surface area contributed by atoms with Crippen molar-refractivity contribution in [3.8, 4) is 11.4 Å². The number of rotatable bonds is 6. The van der Waals surface area contributed by atoms with E-state index in [9.17, 15) is 18.0 Å². The first-order chi connectivity index (χ1) is 15.2. The number of benzene rings is 2. The maximum atomic E-state index is 13.8. The predicted octanol–water partition coefficient (Wildman–Crippen LogP) is 6.84. The van der Waals surface area contributed by atoms with E-state index in [0.717, 1.165) is 29.3 Å². The Morgan fingerprint density at radius 2 is 1.66 bits per heavy atom. The number of hydrogen-bond donors (Lipinski definition) is 1. The van der Waals surface area contributed by atoms with E-state index in [1.165, 1.54) is 24.3 Å². The molecule has 0 radical (unpaired) electrons. The number of alkyl halides is 3. The lowest BCUT2D eigenvalue weighted by molar-refractivity contribution is -0.143. The lowest BCUT2D eigenvalue weighted by Gasteiger charge is -2.17. The van der Waals surface area contributed by atoms with Crippen LogP contribution in [0.25, 0.3) is 5.69 Å². The molecule has 2 aromatic carbocycles. The Bertz CT molecular complexity index is 1080. The highest BCUT2D eigenvalue weighted by Gasteiger charge is 2.40. The molecule has 32 heavy (non-hydrogen) atoms. The summed E-state index contributed by atoms with van der Waals surface area (Å²) in [6, 6.07) is 9.65. The maximum Gasteiger partial charge on any atom is 0.437 e. The van der Waals surface area contributed by atoms with Crippen molar-refractivity contribution in [2.24, 2.45) is 0 Å². The molecule has 0 fully saturated rings. The van der Waals surface area contributed by atoms with Crippen molar-refractivity contribution in [2.75, 3.05) is 5.32 Å². The number of aryl methyl sites for hydroxylation is 3. The fourth-order valence-corrected chi connectivity index (χ4v) is 3.56. The Labute approximate surface area is 189 Å². The van der Waals surface area contributed by atoms with Crippen molar-refractivity contribution in [2.45, 2.75) is 46.2 Å². The van der Waals surface area contributed by atoms with Crippen molar-refractivity contribution >= 4 is 23.4 Å². The SMILES string of the molecule is CCc1cc(CC)c(NC(=O)Oc2cnn(-c3ccc(Cl)cc3)c2C(F)(F)F)c(CC)c1. The van der Waals surface area contributed by atoms with Crippen molar-refractivity contribution in [1.82, 2.24) is 9.78 Å². The number of nitrogens with zero attached hydrogens (tertiary/aromatic N) is 2. The number of carbonyl (C=O) groups excluding carboxylic acids is 1. The van der Waals surface area contributed by atoms with Crippen LogP contribution < -0.4 is 10.1 Å². The minimum Gasteiger partial charge on any atom is -0.406 e. The summed E-state index contributed by atoms with van der Waals surface area (Å²) in [4.78, 5) is 12.6. The van der Waals surface area contributed by atoms with Gasteiger partial charge in [0, 0.05) is 5.02 Å². The van der Waals surface area contributed by atoms with Gasteiger partial charge in [-0.25, -0.2) is 9.48 Å². The van der Waals surface area contributed by atoms with Crippen LogP contribution in [0.3, 0.4) is 0 Å². The first kappa shape index (κ1) is 23.7. The topological polar surface area (TPSA) is 56.1 Å². The molecule has 0 aliphatic carbocycles. The lowest BCUT2D eigenvalue weighted by atomic mass is 9.98. The Morgan fingerprint density at radius 3 is 2.16 bits per heavy atom. The summed E-state index contributed by atoms with van der Waals surface area (Å²) in [5.41, 5.74) is 2.42. The quantitative estimate of drug-likeness (QED) is 0.433. The summed E-state index contributed by atoms with van der Waals surface area (Å²) in [6.07, 6.45) is -2.81. The third-order valence-electron chi connectivity index (χ3n) is 5.04. The minimum atomic E-state index is -4.81. The highest BCUT2D eigenvalue weighted by atomic mass is 35.5. The van der Waals surface area contributed by atoms with Gasteiger partial charge in [0.15, 0.2) is 11.4 Å². The van der Waals surface area contributed by atoms with Gasteiger partial charge in [-0.05, 0) is 60.2 Å². The number of nitrogens with one attached hydrogen (secondary N) is 1. The molecule has 0 aliphatic heterocycles. The standard InChI is InChI=1S/C23H23ClF3N3O2/c1-4-14-11-15(5-2)20(16(6-3)12-14)29-22(31)32-19-13-28-30(21(19)23(25,26)27)18-9-7-17(24)8-10-18/h7-13H,4-6H2,1-3H3,(H,29,31). The number of amides is 1. The minimum absolute atomic E-state index is 0.133. The number of carbonyl (C=O) groups is 1. The van der Waals surface area contributed by atoms with Gasteiger partial charge < -0.3 is 4.74 Å². The van der Waals surface area contributed by atoms with Gasteiger partial charge in [0.05, 0.1) is 17.6 Å². The highest BCUT2D eigenvalue weighted by Crippen LogP contribution is 2.38. The fraction of sp³-hybridized carbons (Fsp3) is 0.304. The van der Waals surface area contributed by atoms with Gasteiger partial charge in [0.2, 0.25) is 0 Å². The van der Waals surface area contributed by atoms with Gasteiger partial charge in [-0.3, -0.25) is 5.32 Å². The first-order valence-corrected chi connectivity index (χ1v) is 10.6. The second-order valence-corrected chi connectivity index (χ2v) is 7.54. The van der Waals surface area contributed by atoms with Gasteiger partial charge in [0.25, 0.3) is 0 Å². The smallest absolute Gasteiger partial charge is 0.406 e.